The number of anilines is 1. The number of amides is 1. The Hall–Kier alpha value is -2.38. The number of carbonyl (C=O) groups is 1. The first-order valence-corrected chi connectivity index (χ1v) is 9.76. The Morgan fingerprint density at radius 1 is 1.12 bits per heavy atom. The molecule has 0 saturated heterocycles. The topological polar surface area (TPSA) is 84.5 Å². The monoisotopic (exact) mass is 376 g/mol. The Kier molecular flexibility index (Phi) is 6.39. The zero-order valence-electron chi connectivity index (χ0n) is 15.4. The van der Waals surface area contributed by atoms with Crippen LogP contribution < -0.4 is 14.8 Å². The Labute approximate surface area is 154 Å². The molecule has 0 radical (unpaired) electrons. The fourth-order valence-corrected chi connectivity index (χ4v) is 3.51. The van der Waals surface area contributed by atoms with E-state index >= 15 is 0 Å². The average molecular weight is 376 g/mol. The van der Waals surface area contributed by atoms with Crippen LogP contribution in [0.4, 0.5) is 5.69 Å². The zero-order valence-corrected chi connectivity index (χ0v) is 16.2. The van der Waals surface area contributed by atoms with Crippen molar-refractivity contribution in [2.24, 2.45) is 0 Å². The number of sulfonamides is 1. The Balaban J connectivity index is 2.07. The maximum absolute atomic E-state index is 12.3. The minimum absolute atomic E-state index is 0.0739. The van der Waals surface area contributed by atoms with Crippen LogP contribution in [0.5, 0.6) is 5.75 Å². The average Bonchev–Trinajstić information content (AvgIpc) is 2.61. The molecule has 26 heavy (non-hydrogen) atoms. The molecule has 0 aromatic heterocycles. The van der Waals surface area contributed by atoms with E-state index in [2.05, 4.69) is 10.0 Å². The van der Waals surface area contributed by atoms with Gasteiger partial charge in [0.05, 0.1) is 18.6 Å². The van der Waals surface area contributed by atoms with E-state index in [0.717, 1.165) is 16.8 Å². The summed E-state index contributed by atoms with van der Waals surface area (Å²) in [6.45, 7) is 5.64. The van der Waals surface area contributed by atoms with Crippen LogP contribution in [0.1, 0.15) is 30.9 Å². The summed E-state index contributed by atoms with van der Waals surface area (Å²) in [7, 11) is -2.27. The summed E-state index contributed by atoms with van der Waals surface area (Å²) < 4.78 is 31.9. The lowest BCUT2D eigenvalue weighted by Gasteiger charge is -2.16. The molecule has 0 saturated carbocycles. The third-order valence-corrected chi connectivity index (χ3v) is 5.40. The van der Waals surface area contributed by atoms with Crippen molar-refractivity contribution in [1.82, 2.24) is 4.72 Å². The van der Waals surface area contributed by atoms with Crippen LogP contribution in [0, 0.1) is 6.92 Å². The molecule has 0 aliphatic heterocycles. The normalized spacial score (nSPS) is 11.4. The minimum Gasteiger partial charge on any atom is -0.497 e. The van der Waals surface area contributed by atoms with Gasteiger partial charge in [-0.3, -0.25) is 4.79 Å². The molecule has 0 bridgehead atoms. The number of methoxy groups -OCH3 is 1. The summed E-state index contributed by atoms with van der Waals surface area (Å²) in [4.78, 5) is 12.3. The fourth-order valence-electron chi connectivity index (χ4n) is 2.52. The van der Waals surface area contributed by atoms with Crippen LogP contribution in [0.15, 0.2) is 47.4 Å². The van der Waals surface area contributed by atoms with Crippen LogP contribution in [0.25, 0.3) is 0 Å². The SMILES string of the molecule is COc1ccc(S(=O)(=O)NCC(=O)Nc2c(C)cccc2C(C)C)cc1. The van der Waals surface area contributed by atoms with Crippen LogP contribution in [-0.2, 0) is 14.8 Å². The summed E-state index contributed by atoms with van der Waals surface area (Å²) in [5, 5.41) is 2.82. The van der Waals surface area contributed by atoms with E-state index in [1.165, 1.54) is 19.2 Å². The Morgan fingerprint density at radius 2 is 1.77 bits per heavy atom. The van der Waals surface area contributed by atoms with Gasteiger partial charge in [0.25, 0.3) is 0 Å². The van der Waals surface area contributed by atoms with Gasteiger partial charge < -0.3 is 10.1 Å². The van der Waals surface area contributed by atoms with Gasteiger partial charge in [0, 0.05) is 5.69 Å². The molecule has 2 aromatic carbocycles. The first kappa shape index (κ1) is 19.9. The molecule has 0 aliphatic rings. The van der Waals surface area contributed by atoms with E-state index in [0.29, 0.717) is 5.75 Å². The number of hydrogen-bond donors (Lipinski definition) is 2. The van der Waals surface area contributed by atoms with Gasteiger partial charge in [-0.1, -0.05) is 32.0 Å². The lowest BCUT2D eigenvalue weighted by Crippen LogP contribution is -2.33. The maximum Gasteiger partial charge on any atom is 0.241 e. The number of benzene rings is 2. The lowest BCUT2D eigenvalue weighted by atomic mass is 9.98. The highest BCUT2D eigenvalue weighted by atomic mass is 32.2. The smallest absolute Gasteiger partial charge is 0.241 e. The second-order valence-corrected chi connectivity index (χ2v) is 8.01. The van der Waals surface area contributed by atoms with Gasteiger partial charge in [-0.05, 0) is 48.2 Å². The predicted octanol–water partition coefficient (Wildman–Crippen LogP) is 3.04. The number of hydrogen-bond acceptors (Lipinski definition) is 4. The van der Waals surface area contributed by atoms with Crippen molar-refractivity contribution >= 4 is 21.6 Å². The molecule has 2 N–H and O–H groups in total. The molecule has 0 spiro atoms. The first-order chi connectivity index (χ1) is 12.2. The molecule has 0 aliphatic carbocycles. The summed E-state index contributed by atoms with van der Waals surface area (Å²) in [5.41, 5.74) is 2.68. The highest BCUT2D eigenvalue weighted by Gasteiger charge is 2.17. The van der Waals surface area contributed by atoms with E-state index < -0.39 is 15.9 Å². The van der Waals surface area contributed by atoms with Gasteiger partial charge in [-0.25, -0.2) is 13.1 Å². The van der Waals surface area contributed by atoms with Crippen LogP contribution in [0.2, 0.25) is 0 Å². The number of aryl methyl sites for hydroxylation is 1. The third-order valence-electron chi connectivity index (χ3n) is 3.98. The summed E-state index contributed by atoms with van der Waals surface area (Å²) in [5.74, 6) is 0.377. The third kappa shape index (κ3) is 4.83. The van der Waals surface area contributed by atoms with Gasteiger partial charge in [0.1, 0.15) is 5.75 Å². The van der Waals surface area contributed by atoms with E-state index in [1.54, 1.807) is 12.1 Å². The summed E-state index contributed by atoms with van der Waals surface area (Å²) >= 11 is 0. The largest absolute Gasteiger partial charge is 0.497 e. The van der Waals surface area contributed by atoms with Crippen LogP contribution >= 0.6 is 0 Å². The van der Waals surface area contributed by atoms with E-state index in [-0.39, 0.29) is 17.4 Å². The first-order valence-electron chi connectivity index (χ1n) is 8.27. The molecule has 7 heteroatoms. The number of nitrogens with one attached hydrogen (secondary N) is 2. The lowest BCUT2D eigenvalue weighted by molar-refractivity contribution is -0.115. The summed E-state index contributed by atoms with van der Waals surface area (Å²) in [6, 6.07) is 11.8. The van der Waals surface area contributed by atoms with Crippen molar-refractivity contribution in [3.05, 3.63) is 53.6 Å². The molecule has 2 rings (SSSR count). The van der Waals surface area contributed by atoms with Crippen LogP contribution in [-0.4, -0.2) is 28.0 Å². The quantitative estimate of drug-likeness (QED) is 0.778. The highest BCUT2D eigenvalue weighted by molar-refractivity contribution is 7.89. The van der Waals surface area contributed by atoms with Crippen molar-refractivity contribution in [3.63, 3.8) is 0 Å². The minimum atomic E-state index is -3.78. The molecule has 0 fully saturated rings. The highest BCUT2D eigenvalue weighted by Crippen LogP contribution is 2.27. The fraction of sp³-hybridized carbons (Fsp3) is 0.316. The number of rotatable bonds is 7. The molecule has 140 valence electrons. The van der Waals surface area contributed by atoms with Gasteiger partial charge in [0.2, 0.25) is 15.9 Å². The maximum atomic E-state index is 12.3. The molecule has 6 nitrogen and oxygen atoms in total. The second kappa shape index (κ2) is 8.33. The standard InChI is InChI=1S/C19H24N2O4S/c1-13(2)17-7-5-6-14(3)19(17)21-18(22)12-20-26(23,24)16-10-8-15(25-4)9-11-16/h5-11,13,20H,12H2,1-4H3,(H,21,22). The molecular formula is C19H24N2O4S. The Bertz CT molecular complexity index is 875. The van der Waals surface area contributed by atoms with Gasteiger partial charge >= 0.3 is 0 Å². The van der Waals surface area contributed by atoms with E-state index in [9.17, 15) is 13.2 Å². The summed E-state index contributed by atoms with van der Waals surface area (Å²) in [6.07, 6.45) is 0. The predicted molar refractivity (Wildman–Crippen MR) is 102 cm³/mol. The van der Waals surface area contributed by atoms with Crippen LogP contribution in [0.3, 0.4) is 0 Å². The number of para-hydroxylation sites is 1. The Morgan fingerprint density at radius 3 is 2.35 bits per heavy atom. The van der Waals surface area contributed by atoms with Crippen molar-refractivity contribution < 1.29 is 17.9 Å². The zero-order chi connectivity index (χ0) is 19.3. The second-order valence-electron chi connectivity index (χ2n) is 6.24. The van der Waals surface area contributed by atoms with Crippen molar-refractivity contribution in [2.45, 2.75) is 31.6 Å². The molecule has 0 heterocycles. The number of carbonyl (C=O) groups excluding carboxylic acids is 1. The van der Waals surface area contributed by atoms with Crippen molar-refractivity contribution in [1.29, 1.82) is 0 Å². The van der Waals surface area contributed by atoms with Gasteiger partial charge in [-0.15, -0.1) is 0 Å². The molecule has 1 amide bonds. The molecule has 0 atom stereocenters. The van der Waals surface area contributed by atoms with Gasteiger partial charge in [0.15, 0.2) is 0 Å². The van der Waals surface area contributed by atoms with E-state index in [1.807, 2.05) is 39.0 Å². The molecule has 0 unspecified atom stereocenters. The molecular weight excluding hydrogens is 352 g/mol. The van der Waals surface area contributed by atoms with E-state index in [4.69, 9.17) is 4.74 Å². The van der Waals surface area contributed by atoms with Crippen molar-refractivity contribution in [3.8, 4) is 5.75 Å². The molecule has 2 aromatic rings. The van der Waals surface area contributed by atoms with Gasteiger partial charge in [-0.2, -0.15) is 0 Å². The van der Waals surface area contributed by atoms with Crippen molar-refractivity contribution in [2.75, 3.05) is 19.0 Å². The number of ether oxygens (including phenoxy) is 1.